The Morgan fingerprint density at radius 2 is 1.86 bits per heavy atom. The normalized spacial score (nSPS) is 11.6. The van der Waals surface area contributed by atoms with Gasteiger partial charge in [-0.3, -0.25) is 4.79 Å². The van der Waals surface area contributed by atoms with Crippen LogP contribution in [0.2, 0.25) is 0 Å². The van der Waals surface area contributed by atoms with Crippen molar-refractivity contribution in [1.82, 2.24) is 0 Å². The van der Waals surface area contributed by atoms with Gasteiger partial charge in [0.05, 0.1) is 12.2 Å². The van der Waals surface area contributed by atoms with Gasteiger partial charge in [-0.2, -0.15) is 13.2 Å². The number of carbonyl (C=O) groups excluding carboxylic acids is 1. The Balaban J connectivity index is 2.53. The lowest BCUT2D eigenvalue weighted by atomic mass is 10.0. The van der Waals surface area contributed by atoms with Gasteiger partial charge in [0.15, 0.2) is 0 Å². The topological polar surface area (TPSA) is 26.3 Å². The molecule has 0 spiro atoms. The number of carbonyl (C=O) groups is 1. The zero-order valence-electron chi connectivity index (χ0n) is 11.5. The van der Waals surface area contributed by atoms with Crippen LogP contribution in [0.25, 0.3) is 10.8 Å². The third-order valence-corrected chi connectivity index (χ3v) is 3.13. The minimum absolute atomic E-state index is 0.0175. The summed E-state index contributed by atoms with van der Waals surface area (Å²) >= 11 is 0. The van der Waals surface area contributed by atoms with Crippen molar-refractivity contribution in [2.75, 3.05) is 6.61 Å². The first-order valence-electron chi connectivity index (χ1n) is 6.71. The number of ketones is 1. The number of benzene rings is 2. The van der Waals surface area contributed by atoms with Crippen LogP contribution in [0.4, 0.5) is 13.2 Å². The molecule has 0 radical (unpaired) electrons. The Morgan fingerprint density at radius 3 is 2.52 bits per heavy atom. The predicted molar refractivity (Wildman–Crippen MR) is 74.7 cm³/mol. The second-order valence-corrected chi connectivity index (χ2v) is 4.69. The minimum atomic E-state index is -4.91. The highest BCUT2D eigenvalue weighted by Gasteiger charge is 2.41. The van der Waals surface area contributed by atoms with Gasteiger partial charge in [-0.25, -0.2) is 0 Å². The van der Waals surface area contributed by atoms with Crippen LogP contribution in [-0.2, 0) is 0 Å². The van der Waals surface area contributed by atoms with Crippen LogP contribution >= 0.6 is 0 Å². The predicted octanol–water partition coefficient (Wildman–Crippen LogP) is 4.76. The molecule has 2 nitrogen and oxygen atoms in total. The van der Waals surface area contributed by atoms with Gasteiger partial charge >= 0.3 is 6.18 Å². The highest BCUT2D eigenvalue weighted by molar-refractivity contribution is 6.07. The standard InChI is InChI=1S/C16H15F3O2/c1-2-3-10-21-14-12-7-5-4-6-11(12)8-9-13(14)15(20)16(17,18)19/h4-9H,2-3,10H2,1H3. The van der Waals surface area contributed by atoms with Crippen LogP contribution in [-0.4, -0.2) is 18.6 Å². The van der Waals surface area contributed by atoms with Crippen molar-refractivity contribution in [2.24, 2.45) is 0 Å². The fourth-order valence-corrected chi connectivity index (χ4v) is 2.05. The van der Waals surface area contributed by atoms with Crippen molar-refractivity contribution in [1.29, 1.82) is 0 Å². The van der Waals surface area contributed by atoms with Gasteiger partial charge < -0.3 is 4.74 Å². The second kappa shape index (κ2) is 6.16. The first kappa shape index (κ1) is 15.4. The van der Waals surface area contributed by atoms with Crippen molar-refractivity contribution >= 4 is 16.6 Å². The first-order chi connectivity index (χ1) is 9.95. The summed E-state index contributed by atoms with van der Waals surface area (Å²) in [5, 5.41) is 1.26. The maximum absolute atomic E-state index is 12.7. The first-order valence-corrected chi connectivity index (χ1v) is 6.71. The maximum atomic E-state index is 12.7. The van der Waals surface area contributed by atoms with Crippen LogP contribution in [0.15, 0.2) is 36.4 Å². The van der Waals surface area contributed by atoms with E-state index in [0.29, 0.717) is 11.8 Å². The third kappa shape index (κ3) is 3.35. The van der Waals surface area contributed by atoms with Crippen molar-refractivity contribution in [3.05, 3.63) is 42.0 Å². The summed E-state index contributed by atoms with van der Waals surface area (Å²) in [5.41, 5.74) is -0.433. The molecule has 0 aliphatic carbocycles. The van der Waals surface area contributed by atoms with E-state index < -0.39 is 17.5 Å². The highest BCUT2D eigenvalue weighted by Crippen LogP contribution is 2.34. The Kier molecular flexibility index (Phi) is 4.50. The van der Waals surface area contributed by atoms with Crippen LogP contribution in [0.5, 0.6) is 5.75 Å². The van der Waals surface area contributed by atoms with E-state index in [1.807, 2.05) is 6.92 Å². The van der Waals surface area contributed by atoms with E-state index in [9.17, 15) is 18.0 Å². The molecule has 2 aromatic rings. The molecule has 0 aromatic heterocycles. The SMILES string of the molecule is CCCCOc1c(C(=O)C(F)(F)F)ccc2ccccc12. The number of Topliss-reactive ketones (excluding diaryl/α,β-unsaturated/α-hetero) is 1. The molecule has 0 amide bonds. The molecule has 5 heteroatoms. The summed E-state index contributed by atoms with van der Waals surface area (Å²) in [4.78, 5) is 11.6. The van der Waals surface area contributed by atoms with Crippen molar-refractivity contribution in [3.63, 3.8) is 0 Å². The Hall–Kier alpha value is -2.04. The molecule has 2 rings (SSSR count). The molecule has 0 aliphatic heterocycles. The van der Waals surface area contributed by atoms with Gasteiger partial charge in [0, 0.05) is 5.39 Å². The van der Waals surface area contributed by atoms with Gasteiger partial charge in [-0.15, -0.1) is 0 Å². The number of hydrogen-bond acceptors (Lipinski definition) is 2. The van der Waals surface area contributed by atoms with Crippen LogP contribution < -0.4 is 4.74 Å². The number of hydrogen-bond donors (Lipinski definition) is 0. The van der Waals surface area contributed by atoms with E-state index in [-0.39, 0.29) is 12.4 Å². The molecule has 0 fully saturated rings. The van der Waals surface area contributed by atoms with E-state index in [1.165, 1.54) is 12.1 Å². The zero-order valence-corrected chi connectivity index (χ0v) is 11.5. The Morgan fingerprint density at radius 1 is 1.14 bits per heavy atom. The fraction of sp³-hybridized carbons (Fsp3) is 0.312. The third-order valence-electron chi connectivity index (χ3n) is 3.13. The van der Waals surface area contributed by atoms with E-state index in [2.05, 4.69) is 0 Å². The van der Waals surface area contributed by atoms with Crippen molar-refractivity contribution in [3.8, 4) is 5.75 Å². The smallest absolute Gasteiger partial charge is 0.455 e. The molecule has 0 unspecified atom stereocenters. The average Bonchev–Trinajstić information content (AvgIpc) is 2.46. The lowest BCUT2D eigenvalue weighted by Gasteiger charge is -2.14. The number of rotatable bonds is 5. The zero-order chi connectivity index (χ0) is 15.5. The molecule has 2 aromatic carbocycles. The van der Waals surface area contributed by atoms with E-state index >= 15 is 0 Å². The average molecular weight is 296 g/mol. The number of alkyl halides is 3. The number of fused-ring (bicyclic) bond motifs is 1. The number of ether oxygens (including phenoxy) is 1. The lowest BCUT2D eigenvalue weighted by Crippen LogP contribution is -2.23. The van der Waals surface area contributed by atoms with Crippen LogP contribution in [0, 0.1) is 0 Å². The molecule has 0 heterocycles. The van der Waals surface area contributed by atoms with E-state index in [1.54, 1.807) is 24.3 Å². The summed E-state index contributed by atoms with van der Waals surface area (Å²) in [7, 11) is 0. The molecular weight excluding hydrogens is 281 g/mol. The fourth-order valence-electron chi connectivity index (χ4n) is 2.05. The quantitative estimate of drug-likeness (QED) is 0.587. The molecule has 0 saturated carbocycles. The van der Waals surface area contributed by atoms with Crippen LogP contribution in [0.1, 0.15) is 30.1 Å². The second-order valence-electron chi connectivity index (χ2n) is 4.69. The van der Waals surface area contributed by atoms with E-state index in [4.69, 9.17) is 4.74 Å². The summed E-state index contributed by atoms with van der Waals surface area (Å²) in [6, 6.07) is 9.59. The Bertz CT molecular complexity index is 648. The Labute approximate surface area is 120 Å². The molecule has 0 N–H and O–H groups in total. The molecule has 21 heavy (non-hydrogen) atoms. The molecule has 0 bridgehead atoms. The maximum Gasteiger partial charge on any atom is 0.455 e. The molecule has 112 valence electrons. The summed E-state index contributed by atoms with van der Waals surface area (Å²) < 4.78 is 43.6. The minimum Gasteiger partial charge on any atom is -0.492 e. The van der Waals surface area contributed by atoms with Gasteiger partial charge in [-0.1, -0.05) is 43.7 Å². The summed E-state index contributed by atoms with van der Waals surface area (Å²) in [6.07, 6.45) is -3.35. The van der Waals surface area contributed by atoms with Crippen molar-refractivity contribution < 1.29 is 22.7 Å². The van der Waals surface area contributed by atoms with Gasteiger partial charge in [0.1, 0.15) is 5.75 Å². The highest BCUT2D eigenvalue weighted by atomic mass is 19.4. The van der Waals surface area contributed by atoms with Crippen molar-refractivity contribution in [2.45, 2.75) is 25.9 Å². The van der Waals surface area contributed by atoms with Crippen LogP contribution in [0.3, 0.4) is 0 Å². The van der Waals surface area contributed by atoms with E-state index in [0.717, 1.165) is 11.8 Å². The number of halogens is 3. The molecule has 0 aliphatic rings. The monoisotopic (exact) mass is 296 g/mol. The molecule has 0 atom stereocenters. The largest absolute Gasteiger partial charge is 0.492 e. The summed E-state index contributed by atoms with van der Waals surface area (Å²) in [5.74, 6) is -1.86. The van der Waals surface area contributed by atoms with Gasteiger partial charge in [-0.05, 0) is 17.9 Å². The van der Waals surface area contributed by atoms with Gasteiger partial charge in [0.25, 0.3) is 5.78 Å². The summed E-state index contributed by atoms with van der Waals surface area (Å²) in [6.45, 7) is 2.23. The lowest BCUT2D eigenvalue weighted by molar-refractivity contribution is -0.0886. The van der Waals surface area contributed by atoms with Gasteiger partial charge in [0.2, 0.25) is 0 Å². The number of unbranched alkanes of at least 4 members (excludes halogenated alkanes) is 1. The molecule has 0 saturated heterocycles. The molecular formula is C16H15F3O2.